The molecule has 1 aromatic rings. The maximum Gasteiger partial charge on any atom is 0.264 e. The molecule has 1 aliphatic carbocycles. The molecule has 0 radical (unpaired) electrons. The predicted molar refractivity (Wildman–Crippen MR) is 106 cm³/mol. The third-order valence-corrected chi connectivity index (χ3v) is 6.00. The quantitative estimate of drug-likeness (QED) is 0.643. The van der Waals surface area contributed by atoms with Crippen LogP contribution in [0.3, 0.4) is 0 Å². The molecular formula is C22H38N2O. The Morgan fingerprint density at radius 3 is 2.52 bits per heavy atom. The van der Waals surface area contributed by atoms with Gasteiger partial charge in [-0.25, -0.2) is 5.10 Å². The van der Waals surface area contributed by atoms with Gasteiger partial charge in [-0.3, -0.25) is 4.79 Å². The SMILES string of the molecule is CCCC1CC(CC(C)C)(c2ccc(=O)[nH]n2)CCCC1CC(C)C. The number of nitrogens with zero attached hydrogens (tertiary/aromatic N) is 1. The lowest BCUT2D eigenvalue weighted by Gasteiger charge is -2.37. The van der Waals surface area contributed by atoms with Gasteiger partial charge in [-0.1, -0.05) is 60.3 Å². The summed E-state index contributed by atoms with van der Waals surface area (Å²) in [5, 5.41) is 7.21. The fourth-order valence-electron chi connectivity index (χ4n) is 5.28. The van der Waals surface area contributed by atoms with Crippen molar-refractivity contribution in [2.24, 2.45) is 23.7 Å². The first kappa shape index (κ1) is 20.2. The first-order valence-electron chi connectivity index (χ1n) is 10.4. The fraction of sp³-hybridized carbons (Fsp3) is 0.818. The molecule has 3 atom stereocenters. The van der Waals surface area contributed by atoms with Crippen molar-refractivity contribution in [2.45, 2.75) is 91.4 Å². The van der Waals surface area contributed by atoms with Crippen LogP contribution < -0.4 is 5.56 Å². The second-order valence-corrected chi connectivity index (χ2v) is 9.22. The lowest BCUT2D eigenvalue weighted by Crippen LogP contribution is -2.33. The molecule has 1 aliphatic rings. The van der Waals surface area contributed by atoms with Crippen LogP contribution in [-0.4, -0.2) is 10.2 Å². The maximum absolute atomic E-state index is 11.5. The Balaban J connectivity index is 2.37. The van der Waals surface area contributed by atoms with Crippen molar-refractivity contribution in [3.8, 4) is 0 Å². The van der Waals surface area contributed by atoms with Crippen LogP contribution in [0.25, 0.3) is 0 Å². The van der Waals surface area contributed by atoms with Gasteiger partial charge in [-0.2, -0.15) is 5.10 Å². The van der Waals surface area contributed by atoms with Gasteiger partial charge in [0.25, 0.3) is 5.56 Å². The maximum atomic E-state index is 11.5. The number of nitrogens with one attached hydrogen (secondary N) is 1. The van der Waals surface area contributed by atoms with Gasteiger partial charge in [0.05, 0.1) is 5.69 Å². The summed E-state index contributed by atoms with van der Waals surface area (Å²) in [6, 6.07) is 3.66. The van der Waals surface area contributed by atoms with E-state index in [9.17, 15) is 4.79 Å². The van der Waals surface area contributed by atoms with E-state index in [0.29, 0.717) is 5.92 Å². The van der Waals surface area contributed by atoms with Crippen molar-refractivity contribution in [1.29, 1.82) is 0 Å². The van der Waals surface area contributed by atoms with Crippen LogP contribution in [0.5, 0.6) is 0 Å². The molecule has 0 aromatic carbocycles. The lowest BCUT2D eigenvalue weighted by molar-refractivity contribution is 0.200. The number of hydrogen-bond acceptors (Lipinski definition) is 2. The Bertz CT molecular complexity index is 557. The fourth-order valence-corrected chi connectivity index (χ4v) is 5.28. The molecule has 1 saturated carbocycles. The van der Waals surface area contributed by atoms with Gasteiger partial charge >= 0.3 is 0 Å². The lowest BCUT2D eigenvalue weighted by atomic mass is 9.67. The molecule has 1 N–H and O–H groups in total. The van der Waals surface area contributed by atoms with Crippen molar-refractivity contribution in [3.05, 3.63) is 28.2 Å². The molecule has 1 aromatic heterocycles. The van der Waals surface area contributed by atoms with Gasteiger partial charge in [-0.05, 0) is 55.4 Å². The summed E-state index contributed by atoms with van der Waals surface area (Å²) in [5.41, 5.74) is 1.15. The highest BCUT2D eigenvalue weighted by molar-refractivity contribution is 5.17. The predicted octanol–water partition coefficient (Wildman–Crippen LogP) is 5.71. The number of aromatic nitrogens is 2. The monoisotopic (exact) mass is 346 g/mol. The van der Waals surface area contributed by atoms with E-state index in [1.165, 1.54) is 51.4 Å². The van der Waals surface area contributed by atoms with Crippen LogP contribution in [0.15, 0.2) is 16.9 Å². The number of aromatic amines is 1. The summed E-state index contributed by atoms with van der Waals surface area (Å²) in [6.07, 6.45) is 10.2. The van der Waals surface area contributed by atoms with E-state index in [4.69, 9.17) is 0 Å². The summed E-state index contributed by atoms with van der Waals surface area (Å²) in [5.74, 6) is 3.03. The Labute approximate surface area is 154 Å². The summed E-state index contributed by atoms with van der Waals surface area (Å²) < 4.78 is 0. The third-order valence-electron chi connectivity index (χ3n) is 6.00. The van der Waals surface area contributed by atoms with E-state index < -0.39 is 0 Å². The van der Waals surface area contributed by atoms with Crippen LogP contribution >= 0.6 is 0 Å². The summed E-state index contributed by atoms with van der Waals surface area (Å²) in [7, 11) is 0. The molecule has 25 heavy (non-hydrogen) atoms. The van der Waals surface area contributed by atoms with Gasteiger partial charge in [0, 0.05) is 11.5 Å². The standard InChI is InChI=1S/C22H38N2O/c1-6-8-19-15-22(14-17(4)5,20-10-11-21(25)24-23-20)12-7-9-18(19)13-16(2)3/h10-11,16-19H,6-9,12-15H2,1-5H3,(H,24,25). The van der Waals surface area contributed by atoms with Crippen molar-refractivity contribution >= 4 is 0 Å². The average molecular weight is 347 g/mol. The Hall–Kier alpha value is -1.12. The summed E-state index contributed by atoms with van der Waals surface area (Å²) in [6.45, 7) is 11.7. The summed E-state index contributed by atoms with van der Waals surface area (Å²) >= 11 is 0. The largest absolute Gasteiger partial charge is 0.268 e. The molecule has 1 heterocycles. The van der Waals surface area contributed by atoms with E-state index in [0.717, 1.165) is 23.4 Å². The smallest absolute Gasteiger partial charge is 0.264 e. The molecule has 0 bridgehead atoms. The molecule has 0 aliphatic heterocycles. The first-order valence-corrected chi connectivity index (χ1v) is 10.4. The van der Waals surface area contributed by atoms with E-state index in [1.54, 1.807) is 6.07 Å². The van der Waals surface area contributed by atoms with Crippen LogP contribution in [0, 0.1) is 23.7 Å². The molecule has 2 rings (SSSR count). The molecule has 3 nitrogen and oxygen atoms in total. The van der Waals surface area contributed by atoms with Gasteiger partial charge in [0.2, 0.25) is 0 Å². The molecule has 0 amide bonds. The van der Waals surface area contributed by atoms with Gasteiger partial charge < -0.3 is 0 Å². The molecule has 0 spiro atoms. The Morgan fingerprint density at radius 2 is 1.96 bits per heavy atom. The first-order chi connectivity index (χ1) is 11.9. The highest BCUT2D eigenvalue weighted by Crippen LogP contribution is 2.48. The average Bonchev–Trinajstić information content (AvgIpc) is 2.68. The van der Waals surface area contributed by atoms with Gasteiger partial charge in [-0.15, -0.1) is 0 Å². The minimum absolute atomic E-state index is 0.0974. The number of H-pyrrole nitrogens is 1. The number of hydrogen-bond donors (Lipinski definition) is 1. The number of rotatable bonds is 7. The van der Waals surface area contributed by atoms with E-state index in [2.05, 4.69) is 44.8 Å². The van der Waals surface area contributed by atoms with Crippen molar-refractivity contribution < 1.29 is 0 Å². The highest BCUT2D eigenvalue weighted by atomic mass is 16.1. The molecule has 0 saturated heterocycles. The van der Waals surface area contributed by atoms with Crippen LogP contribution in [0.2, 0.25) is 0 Å². The van der Waals surface area contributed by atoms with Crippen LogP contribution in [-0.2, 0) is 5.41 Å². The topological polar surface area (TPSA) is 45.8 Å². The van der Waals surface area contributed by atoms with Gasteiger partial charge in [0.1, 0.15) is 0 Å². The minimum Gasteiger partial charge on any atom is -0.268 e. The zero-order valence-corrected chi connectivity index (χ0v) is 17.0. The van der Waals surface area contributed by atoms with Crippen LogP contribution in [0.1, 0.15) is 91.7 Å². The van der Waals surface area contributed by atoms with E-state index in [-0.39, 0.29) is 11.0 Å². The van der Waals surface area contributed by atoms with Crippen molar-refractivity contribution in [3.63, 3.8) is 0 Å². The minimum atomic E-state index is -0.0974. The van der Waals surface area contributed by atoms with E-state index >= 15 is 0 Å². The summed E-state index contributed by atoms with van der Waals surface area (Å²) in [4.78, 5) is 11.5. The molecule has 3 unspecified atom stereocenters. The molecule has 3 heteroatoms. The van der Waals surface area contributed by atoms with Crippen molar-refractivity contribution in [2.75, 3.05) is 0 Å². The highest BCUT2D eigenvalue weighted by Gasteiger charge is 2.40. The zero-order valence-electron chi connectivity index (χ0n) is 17.0. The van der Waals surface area contributed by atoms with Crippen LogP contribution in [0.4, 0.5) is 0 Å². The van der Waals surface area contributed by atoms with Crippen molar-refractivity contribution in [1.82, 2.24) is 10.2 Å². The van der Waals surface area contributed by atoms with E-state index in [1.807, 2.05) is 6.07 Å². The molecular weight excluding hydrogens is 308 g/mol. The molecule has 1 fully saturated rings. The Morgan fingerprint density at radius 1 is 1.20 bits per heavy atom. The second-order valence-electron chi connectivity index (χ2n) is 9.22. The van der Waals surface area contributed by atoms with Gasteiger partial charge in [0.15, 0.2) is 0 Å². The molecule has 142 valence electrons. The Kier molecular flexibility index (Phi) is 7.27. The normalized spacial score (nSPS) is 27.6. The zero-order chi connectivity index (χ0) is 18.4. The second kappa shape index (κ2) is 9.00. The third kappa shape index (κ3) is 5.43.